The van der Waals surface area contributed by atoms with Crippen LogP contribution in [0.15, 0.2) is 54.6 Å². The van der Waals surface area contributed by atoms with Gasteiger partial charge >= 0.3 is 0 Å². The molecule has 4 rings (SSSR count). The Balaban J connectivity index is 1.44. The monoisotopic (exact) mass is 461 g/mol. The Morgan fingerprint density at radius 2 is 1.65 bits per heavy atom. The summed E-state index contributed by atoms with van der Waals surface area (Å²) < 4.78 is 0. The number of rotatable bonds is 6. The average Bonchev–Trinajstić information content (AvgIpc) is 3.26. The van der Waals surface area contributed by atoms with Gasteiger partial charge in [-0.1, -0.05) is 43.2 Å². The maximum atomic E-state index is 13.4. The van der Waals surface area contributed by atoms with Crippen LogP contribution in [0.1, 0.15) is 72.2 Å². The molecule has 3 atom stereocenters. The van der Waals surface area contributed by atoms with Gasteiger partial charge < -0.3 is 15.1 Å². The highest BCUT2D eigenvalue weighted by Crippen LogP contribution is 2.40. The molecular formula is C28H35N3O3. The molecular weight excluding hydrogens is 426 g/mol. The second-order valence-electron chi connectivity index (χ2n) is 9.87. The van der Waals surface area contributed by atoms with E-state index in [0.29, 0.717) is 23.6 Å². The van der Waals surface area contributed by atoms with Crippen molar-refractivity contribution in [2.45, 2.75) is 70.6 Å². The lowest BCUT2D eigenvalue weighted by Crippen LogP contribution is -2.49. The molecule has 3 unspecified atom stereocenters. The summed E-state index contributed by atoms with van der Waals surface area (Å²) >= 11 is 0. The Kier molecular flexibility index (Phi) is 7.35. The molecule has 2 aromatic rings. The lowest BCUT2D eigenvalue weighted by molar-refractivity contribution is -0.125. The number of carbonyl (C=O) groups is 3. The van der Waals surface area contributed by atoms with Gasteiger partial charge in [0.25, 0.3) is 11.8 Å². The molecule has 2 fully saturated rings. The number of likely N-dealkylation sites (tertiary alicyclic amines) is 1. The predicted molar refractivity (Wildman–Crippen MR) is 132 cm³/mol. The van der Waals surface area contributed by atoms with Gasteiger partial charge in [-0.2, -0.15) is 0 Å². The molecule has 1 N–H and O–H groups in total. The third-order valence-electron chi connectivity index (χ3n) is 7.41. The van der Waals surface area contributed by atoms with E-state index in [-0.39, 0.29) is 29.8 Å². The standard InChI is InChI=1S/C28H35N3O3/c1-19(2)30(3)27(33)22-15-13-20(14-16-22)18-29-26(32)25-17-23-11-7-8-12-24(23)31(25)28(34)21-9-5-4-6-10-21/h4-6,9-10,13-16,19,23-25H,7-8,11-12,17-18H2,1-3H3,(H,29,32). The quantitative estimate of drug-likeness (QED) is 0.699. The molecule has 34 heavy (non-hydrogen) atoms. The summed E-state index contributed by atoms with van der Waals surface area (Å²) in [6.45, 7) is 4.33. The van der Waals surface area contributed by atoms with Crippen LogP contribution < -0.4 is 5.32 Å². The molecule has 0 bridgehead atoms. The van der Waals surface area contributed by atoms with Crippen molar-refractivity contribution in [2.75, 3.05) is 7.05 Å². The molecule has 6 nitrogen and oxygen atoms in total. The average molecular weight is 462 g/mol. The van der Waals surface area contributed by atoms with Crippen molar-refractivity contribution in [3.8, 4) is 0 Å². The van der Waals surface area contributed by atoms with Crippen LogP contribution in [0.3, 0.4) is 0 Å². The zero-order valence-corrected chi connectivity index (χ0v) is 20.4. The zero-order chi connectivity index (χ0) is 24.2. The summed E-state index contributed by atoms with van der Waals surface area (Å²) in [6, 6.07) is 16.5. The Morgan fingerprint density at radius 1 is 0.971 bits per heavy atom. The maximum absolute atomic E-state index is 13.4. The summed E-state index contributed by atoms with van der Waals surface area (Å²) in [5.41, 5.74) is 2.19. The first-order chi connectivity index (χ1) is 16.4. The van der Waals surface area contributed by atoms with Gasteiger partial charge in [0.05, 0.1) is 0 Å². The third kappa shape index (κ3) is 5.01. The van der Waals surface area contributed by atoms with Crippen LogP contribution in [0, 0.1) is 5.92 Å². The minimum atomic E-state index is -0.443. The molecule has 0 radical (unpaired) electrons. The van der Waals surface area contributed by atoms with E-state index in [2.05, 4.69) is 5.32 Å². The fraction of sp³-hybridized carbons (Fsp3) is 0.464. The second-order valence-corrected chi connectivity index (χ2v) is 9.87. The van der Waals surface area contributed by atoms with Crippen molar-refractivity contribution in [3.63, 3.8) is 0 Å². The summed E-state index contributed by atoms with van der Waals surface area (Å²) in [4.78, 5) is 42.7. The number of fused-ring (bicyclic) bond motifs is 1. The number of hydrogen-bond acceptors (Lipinski definition) is 3. The first-order valence-corrected chi connectivity index (χ1v) is 12.4. The molecule has 6 heteroatoms. The fourth-order valence-electron chi connectivity index (χ4n) is 5.23. The number of nitrogens with one attached hydrogen (secondary N) is 1. The minimum Gasteiger partial charge on any atom is -0.350 e. The molecule has 180 valence electrons. The van der Waals surface area contributed by atoms with Gasteiger partial charge in [-0.15, -0.1) is 0 Å². The van der Waals surface area contributed by atoms with Gasteiger partial charge in [0.2, 0.25) is 5.91 Å². The van der Waals surface area contributed by atoms with Crippen LogP contribution in [0.4, 0.5) is 0 Å². The van der Waals surface area contributed by atoms with E-state index in [1.807, 2.05) is 61.2 Å². The minimum absolute atomic E-state index is 0.0192. The molecule has 1 aliphatic heterocycles. The Bertz CT molecular complexity index is 1020. The van der Waals surface area contributed by atoms with Gasteiger partial charge in [-0.25, -0.2) is 0 Å². The smallest absolute Gasteiger partial charge is 0.254 e. The zero-order valence-electron chi connectivity index (χ0n) is 20.4. The largest absolute Gasteiger partial charge is 0.350 e. The van der Waals surface area contributed by atoms with Crippen molar-refractivity contribution < 1.29 is 14.4 Å². The van der Waals surface area contributed by atoms with Gasteiger partial charge in [0.15, 0.2) is 0 Å². The first-order valence-electron chi connectivity index (χ1n) is 12.4. The van der Waals surface area contributed by atoms with Crippen molar-refractivity contribution in [1.82, 2.24) is 15.1 Å². The summed E-state index contributed by atoms with van der Waals surface area (Å²) in [5.74, 6) is 0.222. The topological polar surface area (TPSA) is 69.7 Å². The Labute approximate surface area is 202 Å². The molecule has 1 saturated carbocycles. The van der Waals surface area contributed by atoms with E-state index in [1.54, 1.807) is 24.1 Å². The van der Waals surface area contributed by atoms with Gasteiger partial charge in [0, 0.05) is 36.8 Å². The fourth-order valence-corrected chi connectivity index (χ4v) is 5.23. The van der Waals surface area contributed by atoms with E-state index in [9.17, 15) is 14.4 Å². The van der Waals surface area contributed by atoms with Gasteiger partial charge in [-0.05, 0) is 68.9 Å². The number of carbonyl (C=O) groups excluding carboxylic acids is 3. The van der Waals surface area contributed by atoms with Crippen molar-refractivity contribution in [1.29, 1.82) is 0 Å². The van der Waals surface area contributed by atoms with E-state index < -0.39 is 6.04 Å². The van der Waals surface area contributed by atoms with Crippen LogP contribution in [-0.4, -0.2) is 52.7 Å². The van der Waals surface area contributed by atoms with Crippen LogP contribution in [0.2, 0.25) is 0 Å². The number of amides is 3. The second kappa shape index (κ2) is 10.4. The molecule has 1 heterocycles. The lowest BCUT2D eigenvalue weighted by atomic mass is 9.84. The van der Waals surface area contributed by atoms with Crippen molar-refractivity contribution in [3.05, 3.63) is 71.3 Å². The molecule has 2 aliphatic rings. The summed E-state index contributed by atoms with van der Waals surface area (Å²) in [5, 5.41) is 3.05. The van der Waals surface area contributed by atoms with E-state index in [0.717, 1.165) is 31.2 Å². The van der Waals surface area contributed by atoms with E-state index in [4.69, 9.17) is 0 Å². The molecule has 2 aromatic carbocycles. The SMILES string of the molecule is CC(C)N(C)C(=O)c1ccc(CNC(=O)C2CC3CCCCC3N2C(=O)c2ccccc2)cc1. The van der Waals surface area contributed by atoms with E-state index in [1.165, 1.54) is 6.42 Å². The third-order valence-corrected chi connectivity index (χ3v) is 7.41. The molecule has 0 aromatic heterocycles. The van der Waals surface area contributed by atoms with Crippen molar-refractivity contribution in [2.24, 2.45) is 5.92 Å². The molecule has 0 spiro atoms. The Morgan fingerprint density at radius 3 is 2.32 bits per heavy atom. The Hall–Kier alpha value is -3.15. The number of nitrogens with zero attached hydrogens (tertiary/aromatic N) is 2. The number of benzene rings is 2. The molecule has 1 saturated heterocycles. The van der Waals surface area contributed by atoms with Crippen LogP contribution in [0.5, 0.6) is 0 Å². The molecule has 3 amide bonds. The van der Waals surface area contributed by atoms with Crippen LogP contribution in [-0.2, 0) is 11.3 Å². The summed E-state index contributed by atoms with van der Waals surface area (Å²) in [7, 11) is 1.79. The summed E-state index contributed by atoms with van der Waals surface area (Å²) in [6.07, 6.45) is 5.04. The highest BCUT2D eigenvalue weighted by atomic mass is 16.2. The predicted octanol–water partition coefficient (Wildman–Crippen LogP) is 4.26. The molecule has 1 aliphatic carbocycles. The van der Waals surface area contributed by atoms with Crippen LogP contribution in [0.25, 0.3) is 0 Å². The first kappa shape index (κ1) is 24.0. The normalized spacial score (nSPS) is 21.8. The van der Waals surface area contributed by atoms with Crippen LogP contribution >= 0.6 is 0 Å². The highest BCUT2D eigenvalue weighted by molar-refractivity contribution is 5.98. The maximum Gasteiger partial charge on any atom is 0.254 e. The lowest BCUT2D eigenvalue weighted by Gasteiger charge is -2.33. The number of hydrogen-bond donors (Lipinski definition) is 1. The van der Waals surface area contributed by atoms with Gasteiger partial charge in [-0.3, -0.25) is 14.4 Å². The van der Waals surface area contributed by atoms with E-state index >= 15 is 0 Å². The van der Waals surface area contributed by atoms with Crippen molar-refractivity contribution >= 4 is 17.7 Å². The van der Waals surface area contributed by atoms with Gasteiger partial charge in [0.1, 0.15) is 6.04 Å². The highest BCUT2D eigenvalue weighted by Gasteiger charge is 2.47.